The number of nitrogens with zero attached hydrogens (tertiary/aromatic N) is 5. The number of halogens is 3. The van der Waals surface area contributed by atoms with Crippen LogP contribution in [0.15, 0.2) is 79.1 Å². The summed E-state index contributed by atoms with van der Waals surface area (Å²) in [6, 6.07) is 23.7. The minimum Gasteiger partial charge on any atom is -0.321 e. The van der Waals surface area contributed by atoms with Gasteiger partial charge in [-0.05, 0) is 36.0 Å². The zero-order valence-electron chi connectivity index (χ0n) is 21.7. The van der Waals surface area contributed by atoms with Crippen LogP contribution in [0.4, 0.5) is 13.2 Å². The van der Waals surface area contributed by atoms with E-state index in [0.717, 1.165) is 40.0 Å². The van der Waals surface area contributed by atoms with Gasteiger partial charge in [0, 0.05) is 54.9 Å². The molecule has 1 radical (unpaired) electrons. The summed E-state index contributed by atoms with van der Waals surface area (Å²) in [5, 5.41) is 0.741. The molecule has 4 heterocycles. The van der Waals surface area contributed by atoms with E-state index in [-0.39, 0.29) is 36.9 Å². The standard InChI is InChI=1S/C18H15FN3.C13H7F2N2.Ir/c1-18(2,3)17-21-14-10-11(19)8-9-12(14)16-20-13-6-4-5-7-15(13)22(16)17;14-9-4-5-10(11(15)7-9)12-8-17-6-2-1-3-13(17)16-12;/h4-8,10H,1-3H3;1-4,6-8H;/q2*-1;. The number of benzene rings is 3. The number of rotatable bonds is 1. The first-order valence-electron chi connectivity index (χ1n) is 12.3. The molecule has 0 aliphatic carbocycles. The quantitative estimate of drug-likeness (QED) is 0.167. The van der Waals surface area contributed by atoms with Crippen molar-refractivity contribution in [1.82, 2.24) is 23.8 Å². The average Bonchev–Trinajstić information content (AvgIpc) is 3.50. The number of fused-ring (bicyclic) bond motifs is 6. The Morgan fingerprint density at radius 2 is 1.52 bits per heavy atom. The minimum absolute atomic E-state index is 0. The second-order valence-corrected chi connectivity index (χ2v) is 10.2. The average molecular weight is 714 g/mol. The van der Waals surface area contributed by atoms with E-state index in [1.165, 1.54) is 12.1 Å². The molecule has 5 nitrogen and oxygen atoms in total. The molecule has 0 amide bonds. The largest absolute Gasteiger partial charge is 0.321 e. The molecule has 0 fully saturated rings. The van der Waals surface area contributed by atoms with Gasteiger partial charge in [0.15, 0.2) is 0 Å². The number of para-hydroxylation sites is 2. The van der Waals surface area contributed by atoms with Crippen LogP contribution in [0.1, 0.15) is 26.6 Å². The maximum absolute atomic E-state index is 13.6. The zero-order chi connectivity index (χ0) is 27.3. The van der Waals surface area contributed by atoms with E-state index in [4.69, 9.17) is 9.97 Å². The fourth-order valence-electron chi connectivity index (χ4n) is 4.50. The van der Waals surface area contributed by atoms with Crippen molar-refractivity contribution in [2.75, 3.05) is 0 Å². The Labute approximate surface area is 241 Å². The summed E-state index contributed by atoms with van der Waals surface area (Å²) in [6.45, 7) is 6.29. The molecule has 3 aromatic carbocycles. The number of hydrogen-bond acceptors (Lipinski definition) is 3. The van der Waals surface area contributed by atoms with E-state index >= 15 is 0 Å². The van der Waals surface area contributed by atoms with Gasteiger partial charge in [0.25, 0.3) is 0 Å². The van der Waals surface area contributed by atoms with Gasteiger partial charge in [0.05, 0.1) is 16.7 Å². The van der Waals surface area contributed by atoms with Crippen LogP contribution in [0.3, 0.4) is 0 Å². The third-order valence-electron chi connectivity index (χ3n) is 6.26. The van der Waals surface area contributed by atoms with Crippen molar-refractivity contribution >= 4 is 33.2 Å². The van der Waals surface area contributed by atoms with Gasteiger partial charge in [-0.1, -0.05) is 62.1 Å². The van der Waals surface area contributed by atoms with Gasteiger partial charge >= 0.3 is 0 Å². The molecule has 4 aromatic heterocycles. The van der Waals surface area contributed by atoms with Gasteiger partial charge < -0.3 is 8.80 Å². The van der Waals surface area contributed by atoms with Crippen molar-refractivity contribution < 1.29 is 33.3 Å². The molecule has 0 saturated heterocycles. The van der Waals surface area contributed by atoms with Crippen LogP contribution < -0.4 is 0 Å². The summed E-state index contributed by atoms with van der Waals surface area (Å²) >= 11 is 0. The molecule has 0 bridgehead atoms. The SMILES string of the molecule is CC(C)(C)c1nc2cc(F)c[c-]c2c2nc3ccccc3n12.Fc1c[c-]c(-c2cn3ccccc3n2)c(F)c1.[Ir]. The summed E-state index contributed by atoms with van der Waals surface area (Å²) in [5.74, 6) is -0.772. The Morgan fingerprint density at radius 1 is 0.800 bits per heavy atom. The second kappa shape index (κ2) is 10.5. The molecule has 0 spiro atoms. The Morgan fingerprint density at radius 3 is 2.27 bits per heavy atom. The third-order valence-corrected chi connectivity index (χ3v) is 6.26. The van der Waals surface area contributed by atoms with E-state index in [1.54, 1.807) is 10.6 Å². The molecule has 203 valence electrons. The van der Waals surface area contributed by atoms with Crippen molar-refractivity contribution in [3.05, 3.63) is 115 Å². The van der Waals surface area contributed by atoms with Crippen LogP contribution in [-0.2, 0) is 25.5 Å². The van der Waals surface area contributed by atoms with Gasteiger partial charge in [-0.15, -0.1) is 24.3 Å². The topological polar surface area (TPSA) is 47.5 Å². The van der Waals surface area contributed by atoms with Gasteiger partial charge in [-0.3, -0.25) is 28.1 Å². The van der Waals surface area contributed by atoms with Crippen molar-refractivity contribution in [3.63, 3.8) is 0 Å². The number of hydrogen-bond donors (Lipinski definition) is 0. The van der Waals surface area contributed by atoms with Crippen LogP contribution >= 0.6 is 0 Å². The van der Waals surface area contributed by atoms with Gasteiger partial charge in [-0.25, -0.2) is 0 Å². The molecule has 0 aliphatic rings. The van der Waals surface area contributed by atoms with E-state index < -0.39 is 11.6 Å². The molecule has 7 aromatic rings. The van der Waals surface area contributed by atoms with E-state index in [0.29, 0.717) is 16.9 Å². The first kappa shape index (κ1) is 27.5. The zero-order valence-corrected chi connectivity index (χ0v) is 24.1. The van der Waals surface area contributed by atoms with E-state index in [9.17, 15) is 13.2 Å². The van der Waals surface area contributed by atoms with Gasteiger partial charge in [0.2, 0.25) is 0 Å². The van der Waals surface area contributed by atoms with Crippen LogP contribution in [-0.4, -0.2) is 23.8 Å². The van der Waals surface area contributed by atoms with Crippen LogP contribution in [0.5, 0.6) is 0 Å². The molecule has 7 rings (SSSR count). The smallest absolute Gasteiger partial charge is 0.126 e. The minimum atomic E-state index is -0.659. The van der Waals surface area contributed by atoms with Crippen LogP contribution in [0.2, 0.25) is 0 Å². The number of imidazole rings is 2. The Balaban J connectivity index is 0.000000162. The van der Waals surface area contributed by atoms with Crippen molar-refractivity contribution in [2.45, 2.75) is 26.2 Å². The molecule has 0 atom stereocenters. The predicted octanol–water partition coefficient (Wildman–Crippen LogP) is 7.35. The first-order chi connectivity index (χ1) is 18.7. The summed E-state index contributed by atoms with van der Waals surface area (Å²) in [7, 11) is 0. The fourth-order valence-corrected chi connectivity index (χ4v) is 4.50. The van der Waals surface area contributed by atoms with E-state index in [1.807, 2.05) is 48.7 Å². The maximum Gasteiger partial charge on any atom is 0.126 e. The number of aromatic nitrogens is 5. The third kappa shape index (κ3) is 4.98. The number of pyridine rings is 1. The summed E-state index contributed by atoms with van der Waals surface area (Å²) in [4.78, 5) is 13.7. The summed E-state index contributed by atoms with van der Waals surface area (Å²) in [5.41, 5.74) is 4.41. The normalized spacial score (nSPS) is 11.6. The van der Waals surface area contributed by atoms with E-state index in [2.05, 4.69) is 42.3 Å². The predicted molar refractivity (Wildman–Crippen MR) is 145 cm³/mol. The van der Waals surface area contributed by atoms with Crippen LogP contribution in [0, 0.1) is 29.6 Å². The van der Waals surface area contributed by atoms with Crippen molar-refractivity contribution in [1.29, 1.82) is 0 Å². The molecule has 40 heavy (non-hydrogen) atoms. The molecule has 9 heteroatoms. The Hall–Kier alpha value is -4.07. The Kier molecular flexibility index (Phi) is 7.21. The Bertz CT molecular complexity index is 1970. The fraction of sp³-hybridized carbons (Fsp3) is 0.129. The molecule has 0 aliphatic heterocycles. The maximum atomic E-state index is 13.6. The second-order valence-electron chi connectivity index (χ2n) is 10.2. The van der Waals surface area contributed by atoms with Gasteiger partial charge in [-0.2, -0.15) is 0 Å². The summed E-state index contributed by atoms with van der Waals surface area (Å²) < 4.78 is 43.7. The molecule has 0 saturated carbocycles. The van der Waals surface area contributed by atoms with Crippen LogP contribution in [0.25, 0.3) is 44.5 Å². The van der Waals surface area contributed by atoms with Gasteiger partial charge in [0.1, 0.15) is 11.5 Å². The molecule has 0 unspecified atom stereocenters. The first-order valence-corrected chi connectivity index (χ1v) is 12.3. The summed E-state index contributed by atoms with van der Waals surface area (Å²) in [6.07, 6.45) is 3.50. The molecular weight excluding hydrogens is 692 g/mol. The monoisotopic (exact) mass is 714 g/mol. The molecular formula is C31H22F3IrN5-2. The van der Waals surface area contributed by atoms with Crippen molar-refractivity contribution in [3.8, 4) is 11.3 Å². The molecule has 0 N–H and O–H groups in total. The van der Waals surface area contributed by atoms with Crippen molar-refractivity contribution in [2.24, 2.45) is 0 Å².